The number of aryl methyl sites for hydroxylation is 1. The fraction of sp³-hybridized carbons (Fsp3) is 0.111. The van der Waals surface area contributed by atoms with Gasteiger partial charge in [0.25, 0.3) is 5.82 Å². The number of rotatable bonds is 3. The van der Waals surface area contributed by atoms with Crippen LogP contribution < -0.4 is 0 Å². The van der Waals surface area contributed by atoms with Crippen LogP contribution in [0.1, 0.15) is 22.8 Å². The monoisotopic (exact) mass is 329 g/mol. The normalized spacial score (nSPS) is 12.0. The molecular formula is C18H14F3N3. The minimum absolute atomic E-state index is 0.120. The second-order valence-electron chi connectivity index (χ2n) is 5.28. The minimum atomic E-state index is -4.59. The summed E-state index contributed by atoms with van der Waals surface area (Å²) in [6.45, 7) is 1.91. The zero-order chi connectivity index (χ0) is 17.2. The Kier molecular flexibility index (Phi) is 4.20. The lowest BCUT2D eigenvalue weighted by Crippen LogP contribution is -2.08. The third-order valence-electron chi connectivity index (χ3n) is 3.39. The Balaban J connectivity index is 2.04. The maximum absolute atomic E-state index is 13.0. The van der Waals surface area contributed by atoms with Gasteiger partial charge in [-0.25, -0.2) is 9.67 Å². The van der Waals surface area contributed by atoms with Crippen LogP contribution in [-0.4, -0.2) is 14.8 Å². The molecule has 0 aliphatic rings. The van der Waals surface area contributed by atoms with E-state index in [1.807, 2.05) is 49.4 Å². The molecule has 0 unspecified atom stereocenters. The molecule has 0 saturated carbocycles. The second kappa shape index (κ2) is 6.31. The Hall–Kier alpha value is -2.89. The average Bonchev–Trinajstić information content (AvgIpc) is 2.99. The molecule has 0 radical (unpaired) electrons. The Morgan fingerprint density at radius 1 is 0.917 bits per heavy atom. The van der Waals surface area contributed by atoms with Crippen molar-refractivity contribution in [3.8, 4) is 5.69 Å². The van der Waals surface area contributed by atoms with E-state index in [1.165, 1.54) is 10.8 Å². The molecule has 0 amide bonds. The Morgan fingerprint density at radius 2 is 1.58 bits per heavy atom. The van der Waals surface area contributed by atoms with Crippen LogP contribution in [0.2, 0.25) is 0 Å². The number of hydrogen-bond donors (Lipinski definition) is 0. The van der Waals surface area contributed by atoms with Gasteiger partial charge in [-0.1, -0.05) is 54.1 Å². The van der Waals surface area contributed by atoms with Gasteiger partial charge >= 0.3 is 6.18 Å². The summed E-state index contributed by atoms with van der Waals surface area (Å²) in [5.41, 5.74) is 2.40. The van der Waals surface area contributed by atoms with E-state index in [0.29, 0.717) is 5.69 Å². The van der Waals surface area contributed by atoms with Gasteiger partial charge in [-0.2, -0.15) is 13.2 Å². The summed E-state index contributed by atoms with van der Waals surface area (Å²) in [7, 11) is 0. The summed E-state index contributed by atoms with van der Waals surface area (Å²) < 4.78 is 40.1. The van der Waals surface area contributed by atoms with Crippen molar-refractivity contribution in [2.24, 2.45) is 0 Å². The molecule has 0 N–H and O–H groups in total. The van der Waals surface area contributed by atoms with Crippen LogP contribution in [0.3, 0.4) is 0 Å². The van der Waals surface area contributed by atoms with Crippen LogP contribution in [-0.2, 0) is 6.18 Å². The summed E-state index contributed by atoms with van der Waals surface area (Å²) in [5.74, 6) is -1.04. The third-order valence-corrected chi connectivity index (χ3v) is 3.39. The Morgan fingerprint density at radius 3 is 2.21 bits per heavy atom. The number of benzene rings is 2. The maximum atomic E-state index is 13.0. The molecule has 0 atom stereocenters. The van der Waals surface area contributed by atoms with E-state index in [1.54, 1.807) is 18.2 Å². The fourth-order valence-electron chi connectivity index (χ4n) is 2.16. The lowest BCUT2D eigenvalue weighted by molar-refractivity contribution is -0.144. The Labute approximate surface area is 137 Å². The second-order valence-corrected chi connectivity index (χ2v) is 5.28. The molecule has 6 heteroatoms. The van der Waals surface area contributed by atoms with Crippen LogP contribution in [0.5, 0.6) is 0 Å². The zero-order valence-corrected chi connectivity index (χ0v) is 12.8. The summed E-state index contributed by atoms with van der Waals surface area (Å²) in [6.07, 6.45) is -1.36. The summed E-state index contributed by atoms with van der Waals surface area (Å²) >= 11 is 0. The van der Waals surface area contributed by atoms with Gasteiger partial charge in [0.1, 0.15) is 0 Å². The van der Waals surface area contributed by atoms with Crippen LogP contribution in [0.15, 0.2) is 54.6 Å². The van der Waals surface area contributed by atoms with Crippen molar-refractivity contribution >= 4 is 12.2 Å². The van der Waals surface area contributed by atoms with Crippen LogP contribution >= 0.6 is 0 Å². The highest BCUT2D eigenvalue weighted by molar-refractivity contribution is 5.67. The molecule has 0 fully saturated rings. The van der Waals surface area contributed by atoms with Gasteiger partial charge in [-0.3, -0.25) is 0 Å². The smallest absolute Gasteiger partial charge is 0.213 e. The first-order valence-corrected chi connectivity index (χ1v) is 7.28. The first kappa shape index (κ1) is 16.0. The van der Waals surface area contributed by atoms with Crippen molar-refractivity contribution in [3.05, 3.63) is 77.4 Å². The first-order valence-electron chi connectivity index (χ1n) is 7.28. The molecule has 0 spiro atoms. The molecule has 0 bridgehead atoms. The highest BCUT2D eigenvalue weighted by Crippen LogP contribution is 2.27. The van der Waals surface area contributed by atoms with Gasteiger partial charge in [0.15, 0.2) is 5.82 Å². The topological polar surface area (TPSA) is 30.7 Å². The van der Waals surface area contributed by atoms with Crippen molar-refractivity contribution in [1.82, 2.24) is 14.8 Å². The lowest BCUT2D eigenvalue weighted by atomic mass is 10.2. The van der Waals surface area contributed by atoms with Gasteiger partial charge in [-0.15, -0.1) is 5.10 Å². The summed E-state index contributed by atoms with van der Waals surface area (Å²) in [5, 5.41) is 3.62. The van der Waals surface area contributed by atoms with Gasteiger partial charge in [0.2, 0.25) is 0 Å². The van der Waals surface area contributed by atoms with Crippen LogP contribution in [0.25, 0.3) is 17.8 Å². The standard InChI is InChI=1S/C18H14F3N3/c1-13-7-10-15(11-8-13)24-16(22-17(23-24)18(19,20)21)12-9-14-5-3-2-4-6-14/h2-12H,1H3/b12-9+. The van der Waals surface area contributed by atoms with Crippen molar-refractivity contribution in [1.29, 1.82) is 0 Å². The van der Waals surface area contributed by atoms with Gasteiger partial charge in [0, 0.05) is 0 Å². The molecule has 2 aromatic carbocycles. The molecule has 0 saturated heterocycles. The van der Waals surface area contributed by atoms with Crippen molar-refractivity contribution < 1.29 is 13.2 Å². The van der Waals surface area contributed by atoms with E-state index >= 15 is 0 Å². The average molecular weight is 329 g/mol. The van der Waals surface area contributed by atoms with Gasteiger partial charge in [-0.05, 0) is 30.7 Å². The SMILES string of the molecule is Cc1ccc(-n2nc(C(F)(F)F)nc2/C=C/c2ccccc2)cc1. The summed E-state index contributed by atoms with van der Waals surface area (Å²) in [4.78, 5) is 3.64. The molecule has 3 rings (SSSR count). The fourth-order valence-corrected chi connectivity index (χ4v) is 2.16. The van der Waals surface area contributed by atoms with Crippen LogP contribution in [0.4, 0.5) is 13.2 Å². The van der Waals surface area contributed by atoms with E-state index in [4.69, 9.17) is 0 Å². The molecule has 1 heterocycles. The molecule has 24 heavy (non-hydrogen) atoms. The molecule has 0 aliphatic heterocycles. The van der Waals surface area contributed by atoms with Crippen molar-refractivity contribution in [2.75, 3.05) is 0 Å². The lowest BCUT2D eigenvalue weighted by Gasteiger charge is -2.03. The van der Waals surface area contributed by atoms with Crippen molar-refractivity contribution in [3.63, 3.8) is 0 Å². The Bertz CT molecular complexity index is 847. The predicted molar refractivity (Wildman–Crippen MR) is 86.5 cm³/mol. The van der Waals surface area contributed by atoms with Crippen LogP contribution in [0, 0.1) is 6.92 Å². The van der Waals surface area contributed by atoms with E-state index in [9.17, 15) is 13.2 Å². The van der Waals surface area contributed by atoms with E-state index in [2.05, 4.69) is 10.1 Å². The highest BCUT2D eigenvalue weighted by Gasteiger charge is 2.37. The molecule has 1 aromatic heterocycles. The predicted octanol–water partition coefficient (Wildman–Crippen LogP) is 4.76. The summed E-state index contributed by atoms with van der Waals surface area (Å²) in [6, 6.07) is 16.3. The van der Waals surface area contributed by atoms with E-state index in [-0.39, 0.29) is 5.82 Å². The quantitative estimate of drug-likeness (QED) is 0.693. The molecule has 3 aromatic rings. The largest absolute Gasteiger partial charge is 0.453 e. The van der Waals surface area contributed by atoms with E-state index in [0.717, 1.165) is 11.1 Å². The first-order chi connectivity index (χ1) is 11.4. The molecular weight excluding hydrogens is 315 g/mol. The third kappa shape index (κ3) is 3.53. The number of aromatic nitrogens is 3. The number of nitrogens with zero attached hydrogens (tertiary/aromatic N) is 3. The van der Waals surface area contributed by atoms with Crippen molar-refractivity contribution in [2.45, 2.75) is 13.1 Å². The molecule has 3 nitrogen and oxygen atoms in total. The minimum Gasteiger partial charge on any atom is -0.213 e. The highest BCUT2D eigenvalue weighted by atomic mass is 19.4. The molecule has 122 valence electrons. The van der Waals surface area contributed by atoms with Gasteiger partial charge in [0.05, 0.1) is 5.69 Å². The number of hydrogen-bond acceptors (Lipinski definition) is 2. The molecule has 0 aliphatic carbocycles. The zero-order valence-electron chi connectivity index (χ0n) is 12.8. The van der Waals surface area contributed by atoms with Gasteiger partial charge < -0.3 is 0 Å². The maximum Gasteiger partial charge on any atom is 0.453 e. The number of alkyl halides is 3. The van der Waals surface area contributed by atoms with E-state index < -0.39 is 12.0 Å². The number of halogens is 3.